The molecule has 6 nitrogen and oxygen atoms in total. The summed E-state index contributed by atoms with van der Waals surface area (Å²) < 4.78 is 5.19. The van der Waals surface area contributed by atoms with E-state index in [0.29, 0.717) is 19.4 Å². The van der Waals surface area contributed by atoms with Crippen molar-refractivity contribution < 1.29 is 14.3 Å². The Hall–Kier alpha value is -2.24. The number of nitrogens with one attached hydrogen (secondary N) is 1. The van der Waals surface area contributed by atoms with Crippen LogP contribution in [0.25, 0.3) is 0 Å². The van der Waals surface area contributed by atoms with E-state index >= 15 is 0 Å². The third kappa shape index (κ3) is 5.64. The molecule has 2 rings (SSSR count). The zero-order valence-corrected chi connectivity index (χ0v) is 16.4. The minimum atomic E-state index is -0.387. The molecular formula is C20H31N3O3. The minimum Gasteiger partial charge on any atom is -0.497 e. The van der Waals surface area contributed by atoms with E-state index in [-0.39, 0.29) is 17.2 Å². The number of rotatable bonds is 6. The normalized spacial score (nSPS) is 14.9. The van der Waals surface area contributed by atoms with Gasteiger partial charge in [0.15, 0.2) is 0 Å². The number of ether oxygens (including phenoxy) is 1. The summed E-state index contributed by atoms with van der Waals surface area (Å²) >= 11 is 0. The van der Waals surface area contributed by atoms with Crippen molar-refractivity contribution >= 4 is 17.5 Å². The molecule has 0 aliphatic carbocycles. The van der Waals surface area contributed by atoms with Crippen LogP contribution in [0, 0.1) is 5.41 Å². The molecule has 0 aromatic heterocycles. The SMILES string of the molecule is COc1ccc(N2CCN(C(=O)CCCNC(=O)C(C)(C)C)CC2)cc1. The lowest BCUT2D eigenvalue weighted by Gasteiger charge is -2.36. The highest BCUT2D eigenvalue weighted by Crippen LogP contribution is 2.20. The van der Waals surface area contributed by atoms with Crippen LogP contribution in [-0.4, -0.2) is 56.5 Å². The third-order valence-corrected chi connectivity index (χ3v) is 4.60. The number of hydrogen-bond acceptors (Lipinski definition) is 4. The molecule has 144 valence electrons. The molecule has 0 radical (unpaired) electrons. The molecule has 0 atom stereocenters. The Morgan fingerprint density at radius 2 is 1.69 bits per heavy atom. The number of benzene rings is 1. The Labute approximate surface area is 156 Å². The van der Waals surface area contributed by atoms with Crippen LogP contribution >= 0.6 is 0 Å². The van der Waals surface area contributed by atoms with Crippen LogP contribution in [0.1, 0.15) is 33.6 Å². The first-order valence-corrected chi connectivity index (χ1v) is 9.26. The summed E-state index contributed by atoms with van der Waals surface area (Å²) in [5.74, 6) is 1.04. The van der Waals surface area contributed by atoms with E-state index in [9.17, 15) is 9.59 Å². The van der Waals surface area contributed by atoms with Crippen molar-refractivity contribution in [2.24, 2.45) is 5.41 Å². The number of nitrogens with zero attached hydrogens (tertiary/aromatic N) is 2. The summed E-state index contributed by atoms with van der Waals surface area (Å²) in [6, 6.07) is 8.01. The van der Waals surface area contributed by atoms with Gasteiger partial charge in [-0.25, -0.2) is 0 Å². The van der Waals surface area contributed by atoms with Crippen LogP contribution in [0.4, 0.5) is 5.69 Å². The molecule has 1 N–H and O–H groups in total. The first kappa shape index (κ1) is 20.1. The van der Waals surface area contributed by atoms with Crippen LogP contribution in [0.3, 0.4) is 0 Å². The van der Waals surface area contributed by atoms with Crippen molar-refractivity contribution in [2.45, 2.75) is 33.6 Å². The molecule has 0 spiro atoms. The van der Waals surface area contributed by atoms with E-state index in [1.807, 2.05) is 49.9 Å². The summed E-state index contributed by atoms with van der Waals surface area (Å²) in [5.41, 5.74) is 0.768. The van der Waals surface area contributed by atoms with Crippen molar-refractivity contribution in [3.05, 3.63) is 24.3 Å². The average molecular weight is 361 g/mol. The van der Waals surface area contributed by atoms with Gasteiger partial charge in [0.2, 0.25) is 11.8 Å². The molecule has 0 bridgehead atoms. The summed E-state index contributed by atoms with van der Waals surface area (Å²) in [5, 5.41) is 2.89. The van der Waals surface area contributed by atoms with Gasteiger partial charge in [-0.15, -0.1) is 0 Å². The maximum atomic E-state index is 12.3. The van der Waals surface area contributed by atoms with Crippen LogP contribution in [0.5, 0.6) is 5.75 Å². The highest BCUT2D eigenvalue weighted by atomic mass is 16.5. The molecule has 1 aromatic rings. The molecule has 2 amide bonds. The molecule has 1 heterocycles. The number of anilines is 1. The van der Waals surface area contributed by atoms with Crippen molar-refractivity contribution in [1.29, 1.82) is 0 Å². The first-order valence-electron chi connectivity index (χ1n) is 9.26. The lowest BCUT2D eigenvalue weighted by atomic mass is 9.96. The Bertz CT molecular complexity index is 600. The van der Waals surface area contributed by atoms with Crippen molar-refractivity contribution in [3.8, 4) is 5.75 Å². The quantitative estimate of drug-likeness (QED) is 0.790. The smallest absolute Gasteiger partial charge is 0.225 e. The minimum absolute atomic E-state index is 0.0260. The lowest BCUT2D eigenvalue weighted by Crippen LogP contribution is -2.48. The van der Waals surface area contributed by atoms with Crippen molar-refractivity contribution in [1.82, 2.24) is 10.2 Å². The molecule has 1 aliphatic rings. The molecule has 1 fully saturated rings. The predicted octanol–water partition coefficient (Wildman–Crippen LogP) is 2.29. The monoisotopic (exact) mass is 361 g/mol. The van der Waals surface area contributed by atoms with Gasteiger partial charge < -0.3 is 19.9 Å². The predicted molar refractivity (Wildman–Crippen MR) is 103 cm³/mol. The van der Waals surface area contributed by atoms with Gasteiger partial charge >= 0.3 is 0 Å². The van der Waals surface area contributed by atoms with E-state index in [0.717, 1.165) is 37.6 Å². The summed E-state index contributed by atoms with van der Waals surface area (Å²) in [6.07, 6.45) is 1.16. The molecule has 1 aromatic carbocycles. The van der Waals surface area contributed by atoms with Crippen LogP contribution in [0.15, 0.2) is 24.3 Å². The van der Waals surface area contributed by atoms with E-state index in [1.165, 1.54) is 0 Å². The number of amides is 2. The Balaban J connectivity index is 1.70. The van der Waals surface area contributed by atoms with Gasteiger partial charge in [0.25, 0.3) is 0 Å². The molecule has 1 saturated heterocycles. The fourth-order valence-corrected chi connectivity index (χ4v) is 2.87. The second-order valence-corrected chi connectivity index (χ2v) is 7.68. The van der Waals surface area contributed by atoms with Gasteiger partial charge in [-0.05, 0) is 30.7 Å². The zero-order chi connectivity index (χ0) is 19.2. The maximum absolute atomic E-state index is 12.3. The Morgan fingerprint density at radius 3 is 2.23 bits per heavy atom. The van der Waals surface area contributed by atoms with Crippen LogP contribution in [0.2, 0.25) is 0 Å². The van der Waals surface area contributed by atoms with Gasteiger partial charge in [0, 0.05) is 50.2 Å². The Morgan fingerprint density at radius 1 is 1.08 bits per heavy atom. The molecule has 6 heteroatoms. The summed E-state index contributed by atoms with van der Waals surface area (Å²) in [7, 11) is 1.66. The Kier molecular flexibility index (Phi) is 6.89. The fraction of sp³-hybridized carbons (Fsp3) is 0.600. The largest absolute Gasteiger partial charge is 0.497 e. The summed E-state index contributed by atoms with van der Waals surface area (Å²) in [4.78, 5) is 28.4. The number of methoxy groups -OCH3 is 1. The number of piperazine rings is 1. The van der Waals surface area contributed by atoms with Crippen molar-refractivity contribution in [2.75, 3.05) is 44.7 Å². The van der Waals surface area contributed by atoms with Crippen molar-refractivity contribution in [3.63, 3.8) is 0 Å². The van der Waals surface area contributed by atoms with Crippen LogP contribution in [-0.2, 0) is 9.59 Å². The van der Waals surface area contributed by atoms with Gasteiger partial charge in [-0.3, -0.25) is 9.59 Å². The average Bonchev–Trinajstić information content (AvgIpc) is 2.64. The highest BCUT2D eigenvalue weighted by Gasteiger charge is 2.22. The number of carbonyl (C=O) groups is 2. The van der Waals surface area contributed by atoms with Gasteiger partial charge in [-0.1, -0.05) is 20.8 Å². The number of hydrogen-bond donors (Lipinski definition) is 1. The van der Waals surface area contributed by atoms with Gasteiger partial charge in [-0.2, -0.15) is 0 Å². The zero-order valence-electron chi connectivity index (χ0n) is 16.4. The van der Waals surface area contributed by atoms with Gasteiger partial charge in [0.05, 0.1) is 7.11 Å². The maximum Gasteiger partial charge on any atom is 0.225 e. The molecular weight excluding hydrogens is 330 g/mol. The first-order chi connectivity index (χ1) is 12.3. The molecule has 1 aliphatic heterocycles. The highest BCUT2D eigenvalue weighted by molar-refractivity contribution is 5.81. The molecule has 26 heavy (non-hydrogen) atoms. The van der Waals surface area contributed by atoms with E-state index in [2.05, 4.69) is 10.2 Å². The van der Waals surface area contributed by atoms with E-state index < -0.39 is 0 Å². The van der Waals surface area contributed by atoms with Crippen LogP contribution < -0.4 is 15.0 Å². The molecule has 0 unspecified atom stereocenters. The van der Waals surface area contributed by atoms with E-state index in [4.69, 9.17) is 4.74 Å². The summed E-state index contributed by atoms with van der Waals surface area (Å²) in [6.45, 7) is 9.34. The fourth-order valence-electron chi connectivity index (χ4n) is 2.87. The lowest BCUT2D eigenvalue weighted by molar-refractivity contribution is -0.132. The molecule has 0 saturated carbocycles. The third-order valence-electron chi connectivity index (χ3n) is 4.60. The topological polar surface area (TPSA) is 61.9 Å². The van der Waals surface area contributed by atoms with Gasteiger partial charge in [0.1, 0.15) is 5.75 Å². The second-order valence-electron chi connectivity index (χ2n) is 7.68. The second kappa shape index (κ2) is 8.92. The standard InChI is InChI=1S/C20H31N3O3/c1-20(2,3)19(25)21-11-5-6-18(24)23-14-12-22(13-15-23)16-7-9-17(26-4)10-8-16/h7-10H,5-6,11-15H2,1-4H3,(H,21,25). The number of carbonyl (C=O) groups excluding carboxylic acids is 2. The van der Waals surface area contributed by atoms with E-state index in [1.54, 1.807) is 7.11 Å².